The molecule has 2 N–H and O–H groups in total. The number of non-ortho nitro benzene ring substituents is 1. The van der Waals surface area contributed by atoms with Crippen molar-refractivity contribution in [2.75, 3.05) is 6.54 Å². The number of nitro groups is 1. The Labute approximate surface area is 129 Å². The van der Waals surface area contributed by atoms with E-state index in [0.717, 1.165) is 19.4 Å². The summed E-state index contributed by atoms with van der Waals surface area (Å²) in [7, 11) is 0. The van der Waals surface area contributed by atoms with Crippen molar-refractivity contribution >= 4 is 11.6 Å². The number of amides is 1. The van der Waals surface area contributed by atoms with E-state index < -0.39 is 4.92 Å². The van der Waals surface area contributed by atoms with Gasteiger partial charge >= 0.3 is 0 Å². The van der Waals surface area contributed by atoms with Crippen molar-refractivity contribution in [1.82, 2.24) is 4.90 Å². The van der Waals surface area contributed by atoms with Gasteiger partial charge in [-0.3, -0.25) is 19.8 Å². The second-order valence-corrected chi connectivity index (χ2v) is 5.75. The van der Waals surface area contributed by atoms with Gasteiger partial charge in [0.2, 0.25) is 5.91 Å². The SMILES string of the molecule is CC(C)Oc1ccc([N+](=O)[O-])cc1CN1CCCC1C(N)=O. The van der Waals surface area contributed by atoms with E-state index in [1.807, 2.05) is 18.7 Å². The lowest BCUT2D eigenvalue weighted by atomic mass is 10.1. The van der Waals surface area contributed by atoms with Crippen LogP contribution in [0.5, 0.6) is 5.75 Å². The van der Waals surface area contributed by atoms with Crippen molar-refractivity contribution in [1.29, 1.82) is 0 Å². The van der Waals surface area contributed by atoms with Crippen LogP contribution >= 0.6 is 0 Å². The molecule has 1 aliphatic heterocycles. The molecule has 0 aromatic heterocycles. The van der Waals surface area contributed by atoms with Crippen LogP contribution in [0.1, 0.15) is 32.3 Å². The zero-order valence-corrected chi connectivity index (χ0v) is 12.8. The molecule has 0 spiro atoms. The summed E-state index contributed by atoms with van der Waals surface area (Å²) < 4.78 is 5.72. The van der Waals surface area contributed by atoms with E-state index in [-0.39, 0.29) is 23.7 Å². The zero-order chi connectivity index (χ0) is 16.3. The van der Waals surface area contributed by atoms with E-state index in [2.05, 4.69) is 0 Å². The first kappa shape index (κ1) is 16.2. The molecule has 0 bridgehead atoms. The van der Waals surface area contributed by atoms with Crippen LogP contribution in [0.25, 0.3) is 0 Å². The number of nitro benzene ring substituents is 1. The first-order chi connectivity index (χ1) is 10.4. The highest BCUT2D eigenvalue weighted by molar-refractivity contribution is 5.80. The van der Waals surface area contributed by atoms with Crippen molar-refractivity contribution in [2.24, 2.45) is 5.73 Å². The van der Waals surface area contributed by atoms with Crippen LogP contribution in [-0.4, -0.2) is 34.4 Å². The van der Waals surface area contributed by atoms with E-state index in [1.54, 1.807) is 6.07 Å². The summed E-state index contributed by atoms with van der Waals surface area (Å²) in [5.41, 5.74) is 6.14. The minimum absolute atomic E-state index is 0.0147. The maximum atomic E-state index is 11.5. The maximum Gasteiger partial charge on any atom is 0.270 e. The van der Waals surface area contributed by atoms with Gasteiger partial charge in [-0.1, -0.05) is 0 Å². The van der Waals surface area contributed by atoms with E-state index in [4.69, 9.17) is 10.5 Å². The number of likely N-dealkylation sites (tertiary alicyclic amines) is 1. The largest absolute Gasteiger partial charge is 0.491 e. The molecule has 1 saturated heterocycles. The molecule has 1 aromatic rings. The number of carbonyl (C=O) groups excluding carboxylic acids is 1. The van der Waals surface area contributed by atoms with Gasteiger partial charge in [0.05, 0.1) is 17.1 Å². The van der Waals surface area contributed by atoms with E-state index >= 15 is 0 Å². The Morgan fingerprint density at radius 2 is 2.27 bits per heavy atom. The average Bonchev–Trinajstić information content (AvgIpc) is 2.88. The second-order valence-electron chi connectivity index (χ2n) is 5.75. The Morgan fingerprint density at radius 1 is 1.55 bits per heavy atom. The molecule has 120 valence electrons. The normalized spacial score (nSPS) is 18.6. The van der Waals surface area contributed by atoms with Gasteiger partial charge in [0.15, 0.2) is 0 Å². The lowest BCUT2D eigenvalue weighted by Crippen LogP contribution is -2.39. The highest BCUT2D eigenvalue weighted by Crippen LogP contribution is 2.29. The zero-order valence-electron chi connectivity index (χ0n) is 12.8. The monoisotopic (exact) mass is 307 g/mol. The fourth-order valence-corrected chi connectivity index (χ4v) is 2.73. The summed E-state index contributed by atoms with van der Waals surface area (Å²) in [6.07, 6.45) is 1.58. The predicted octanol–water partition coefficient (Wildman–Crippen LogP) is 1.83. The lowest BCUT2D eigenvalue weighted by Gasteiger charge is -2.23. The van der Waals surface area contributed by atoms with E-state index in [1.165, 1.54) is 12.1 Å². The molecule has 2 rings (SSSR count). The van der Waals surface area contributed by atoms with Crippen molar-refractivity contribution in [3.8, 4) is 5.75 Å². The molecular formula is C15H21N3O4. The van der Waals surface area contributed by atoms with Crippen LogP contribution in [0.4, 0.5) is 5.69 Å². The van der Waals surface area contributed by atoms with Crippen molar-refractivity contribution < 1.29 is 14.5 Å². The minimum Gasteiger partial charge on any atom is -0.491 e. The Bertz CT molecular complexity index is 574. The van der Waals surface area contributed by atoms with Gasteiger partial charge in [0, 0.05) is 24.2 Å². The quantitative estimate of drug-likeness (QED) is 0.638. The van der Waals surface area contributed by atoms with Crippen LogP contribution in [0.15, 0.2) is 18.2 Å². The number of carbonyl (C=O) groups is 1. The molecular weight excluding hydrogens is 286 g/mol. The highest BCUT2D eigenvalue weighted by atomic mass is 16.6. The Morgan fingerprint density at radius 3 is 2.86 bits per heavy atom. The number of hydrogen-bond acceptors (Lipinski definition) is 5. The fourth-order valence-electron chi connectivity index (χ4n) is 2.73. The molecule has 7 heteroatoms. The fraction of sp³-hybridized carbons (Fsp3) is 0.533. The average molecular weight is 307 g/mol. The van der Waals surface area contributed by atoms with Gasteiger partial charge in [0.25, 0.3) is 5.69 Å². The van der Waals surface area contributed by atoms with Gasteiger partial charge < -0.3 is 10.5 Å². The molecule has 7 nitrogen and oxygen atoms in total. The third-order valence-corrected chi connectivity index (χ3v) is 3.68. The van der Waals surface area contributed by atoms with Gasteiger partial charge in [-0.25, -0.2) is 0 Å². The molecule has 1 amide bonds. The van der Waals surface area contributed by atoms with Crippen molar-refractivity contribution in [2.45, 2.75) is 45.4 Å². The summed E-state index contributed by atoms with van der Waals surface area (Å²) in [6, 6.07) is 4.24. The summed E-state index contributed by atoms with van der Waals surface area (Å²) in [6.45, 7) is 4.95. The number of benzene rings is 1. The summed E-state index contributed by atoms with van der Waals surface area (Å²) in [5.74, 6) is 0.255. The third kappa shape index (κ3) is 3.73. The molecule has 1 unspecified atom stereocenters. The molecule has 1 fully saturated rings. The molecule has 0 aliphatic carbocycles. The van der Waals surface area contributed by atoms with Crippen LogP contribution in [0.3, 0.4) is 0 Å². The van der Waals surface area contributed by atoms with Crippen LogP contribution in [0, 0.1) is 10.1 Å². The molecule has 0 saturated carbocycles. The predicted molar refractivity (Wildman–Crippen MR) is 81.5 cm³/mol. The number of hydrogen-bond donors (Lipinski definition) is 1. The number of ether oxygens (including phenoxy) is 1. The van der Waals surface area contributed by atoms with E-state index in [9.17, 15) is 14.9 Å². The van der Waals surface area contributed by atoms with Gasteiger partial charge in [0.1, 0.15) is 5.75 Å². The van der Waals surface area contributed by atoms with Crippen molar-refractivity contribution in [3.63, 3.8) is 0 Å². The second kappa shape index (κ2) is 6.74. The minimum atomic E-state index is -0.432. The first-order valence-corrected chi connectivity index (χ1v) is 7.36. The highest BCUT2D eigenvalue weighted by Gasteiger charge is 2.30. The summed E-state index contributed by atoms with van der Waals surface area (Å²) in [4.78, 5) is 24.0. The molecule has 1 aliphatic rings. The smallest absolute Gasteiger partial charge is 0.270 e. The first-order valence-electron chi connectivity index (χ1n) is 7.36. The van der Waals surface area contributed by atoms with Gasteiger partial charge in [-0.15, -0.1) is 0 Å². The number of rotatable bonds is 6. The number of nitrogens with two attached hydrogens (primary N) is 1. The molecule has 1 aromatic carbocycles. The van der Waals surface area contributed by atoms with Gasteiger partial charge in [-0.05, 0) is 39.3 Å². The molecule has 1 heterocycles. The summed E-state index contributed by atoms with van der Waals surface area (Å²) >= 11 is 0. The van der Waals surface area contributed by atoms with E-state index in [0.29, 0.717) is 17.9 Å². The molecule has 0 radical (unpaired) electrons. The Kier molecular flexibility index (Phi) is 4.97. The molecule has 1 atom stereocenters. The number of nitrogens with zero attached hydrogens (tertiary/aromatic N) is 2. The van der Waals surface area contributed by atoms with Crippen molar-refractivity contribution in [3.05, 3.63) is 33.9 Å². The Hall–Kier alpha value is -2.15. The standard InChI is InChI=1S/C15H21N3O4/c1-10(2)22-14-6-5-12(18(20)21)8-11(14)9-17-7-3-4-13(17)15(16)19/h5-6,8,10,13H,3-4,7,9H2,1-2H3,(H2,16,19). The molecule has 22 heavy (non-hydrogen) atoms. The third-order valence-electron chi connectivity index (χ3n) is 3.68. The van der Waals surface area contributed by atoms with Crippen LogP contribution in [-0.2, 0) is 11.3 Å². The van der Waals surface area contributed by atoms with Crippen LogP contribution < -0.4 is 10.5 Å². The maximum absolute atomic E-state index is 11.5. The summed E-state index contributed by atoms with van der Waals surface area (Å²) in [5, 5.41) is 11.0. The lowest BCUT2D eigenvalue weighted by molar-refractivity contribution is -0.385. The van der Waals surface area contributed by atoms with Gasteiger partial charge in [-0.2, -0.15) is 0 Å². The Balaban J connectivity index is 2.28. The number of primary amides is 1. The van der Waals surface area contributed by atoms with Crippen LogP contribution in [0.2, 0.25) is 0 Å². The topological polar surface area (TPSA) is 98.7 Å².